The molecule has 0 atom stereocenters. The van der Waals surface area contributed by atoms with Crippen molar-refractivity contribution in [1.82, 2.24) is 14.8 Å². The maximum Gasteiger partial charge on any atom is 0.279 e. The molecule has 0 aliphatic carbocycles. The van der Waals surface area contributed by atoms with Crippen molar-refractivity contribution in [1.29, 1.82) is 0 Å². The van der Waals surface area contributed by atoms with E-state index in [-0.39, 0.29) is 16.5 Å². The first-order chi connectivity index (χ1) is 10.7. The van der Waals surface area contributed by atoms with Crippen molar-refractivity contribution in [3.63, 3.8) is 0 Å². The number of sulfone groups is 1. The molecule has 1 aromatic carbocycles. The third kappa shape index (κ3) is 3.28. The number of carbonyl (C=O) groups is 1. The van der Waals surface area contributed by atoms with Gasteiger partial charge in [0.2, 0.25) is 0 Å². The van der Waals surface area contributed by atoms with Crippen molar-refractivity contribution in [2.75, 3.05) is 11.6 Å². The summed E-state index contributed by atoms with van der Waals surface area (Å²) >= 11 is 4.48. The number of benzene rings is 1. The predicted molar refractivity (Wildman–Crippen MR) is 91.6 cm³/mol. The highest BCUT2D eigenvalue weighted by molar-refractivity contribution is 9.10. The Labute approximate surface area is 144 Å². The number of hydrogen-bond donors (Lipinski definition) is 1. The van der Waals surface area contributed by atoms with Crippen LogP contribution >= 0.6 is 27.3 Å². The summed E-state index contributed by atoms with van der Waals surface area (Å²) in [5, 5.41) is 7.12. The minimum atomic E-state index is -3.28. The molecular formula is C13H11BrN4O3S2. The van der Waals surface area contributed by atoms with Crippen LogP contribution in [0.15, 0.2) is 33.8 Å². The summed E-state index contributed by atoms with van der Waals surface area (Å²) in [6, 6.07) is 4.67. The Morgan fingerprint density at radius 2 is 2.13 bits per heavy atom. The first-order valence-electron chi connectivity index (χ1n) is 6.35. The maximum atomic E-state index is 12.2. The molecule has 0 unspecified atom stereocenters. The number of hydrogen-bond acceptors (Lipinski definition) is 6. The Hall–Kier alpha value is -1.78. The van der Waals surface area contributed by atoms with Crippen LogP contribution in [-0.4, -0.2) is 35.3 Å². The molecule has 0 radical (unpaired) electrons. The van der Waals surface area contributed by atoms with Crippen LogP contribution < -0.4 is 5.32 Å². The van der Waals surface area contributed by atoms with Gasteiger partial charge in [-0.2, -0.15) is 5.10 Å². The summed E-state index contributed by atoms with van der Waals surface area (Å²) < 4.78 is 26.0. The zero-order valence-electron chi connectivity index (χ0n) is 12.1. The highest BCUT2D eigenvalue weighted by Gasteiger charge is 2.17. The highest BCUT2D eigenvalue weighted by Crippen LogP contribution is 2.28. The Kier molecular flexibility index (Phi) is 3.98. The first kappa shape index (κ1) is 16.1. The second-order valence-corrected chi connectivity index (χ2v) is 8.77. The number of thiazole rings is 1. The van der Waals surface area contributed by atoms with Gasteiger partial charge in [0.25, 0.3) is 5.91 Å². The molecule has 0 aliphatic heterocycles. The molecule has 3 aromatic rings. The number of amides is 1. The summed E-state index contributed by atoms with van der Waals surface area (Å²) in [4.78, 5) is 16.7. The number of aryl methyl sites for hydroxylation is 1. The fraction of sp³-hybridized carbons (Fsp3) is 0.154. The van der Waals surface area contributed by atoms with Crippen molar-refractivity contribution < 1.29 is 13.2 Å². The molecule has 120 valence electrons. The van der Waals surface area contributed by atoms with Crippen molar-refractivity contribution in [3.05, 3.63) is 34.6 Å². The molecule has 10 heteroatoms. The van der Waals surface area contributed by atoms with E-state index in [1.54, 1.807) is 25.4 Å². The van der Waals surface area contributed by atoms with Crippen molar-refractivity contribution in [2.24, 2.45) is 7.05 Å². The minimum absolute atomic E-state index is 0.221. The first-order valence-corrected chi connectivity index (χ1v) is 9.85. The third-order valence-corrected chi connectivity index (χ3v) is 5.63. The quantitative estimate of drug-likeness (QED) is 0.709. The largest absolute Gasteiger partial charge is 0.296 e. The summed E-state index contributed by atoms with van der Waals surface area (Å²) in [5.74, 6) is -0.389. The minimum Gasteiger partial charge on any atom is -0.296 e. The molecule has 0 spiro atoms. The second kappa shape index (κ2) is 5.69. The maximum absolute atomic E-state index is 12.2. The van der Waals surface area contributed by atoms with Crippen molar-refractivity contribution in [3.8, 4) is 0 Å². The SMILES string of the molecule is Cn1cc(Br)c(C(=O)Nc2nc3ccc(S(C)(=O)=O)cc3s2)n1. The topological polar surface area (TPSA) is 94.0 Å². The Bertz CT molecular complexity index is 1020. The lowest BCUT2D eigenvalue weighted by Crippen LogP contribution is -2.13. The third-order valence-electron chi connectivity index (χ3n) is 3.01. The van der Waals surface area contributed by atoms with Crippen LogP contribution in [0.3, 0.4) is 0 Å². The van der Waals surface area contributed by atoms with E-state index < -0.39 is 9.84 Å². The number of halogens is 1. The van der Waals surface area contributed by atoms with Crippen LogP contribution in [0.25, 0.3) is 10.2 Å². The van der Waals surface area contributed by atoms with E-state index in [0.29, 0.717) is 19.8 Å². The molecule has 0 bridgehead atoms. The average Bonchev–Trinajstić information content (AvgIpc) is 2.98. The Balaban J connectivity index is 1.92. The summed E-state index contributed by atoms with van der Waals surface area (Å²) in [5.41, 5.74) is 0.876. The van der Waals surface area contributed by atoms with E-state index in [9.17, 15) is 13.2 Å². The molecule has 0 fully saturated rings. The standard InChI is InChI=1S/C13H11BrN4O3S2/c1-18-6-8(14)11(17-18)12(19)16-13-15-9-4-3-7(23(2,20)21)5-10(9)22-13/h3-6H,1-2H3,(H,15,16,19). The van der Waals surface area contributed by atoms with Crippen LogP contribution in [0.4, 0.5) is 5.13 Å². The number of rotatable bonds is 3. The summed E-state index contributed by atoms with van der Waals surface area (Å²) in [6.07, 6.45) is 2.82. The van der Waals surface area contributed by atoms with Gasteiger partial charge >= 0.3 is 0 Å². The highest BCUT2D eigenvalue weighted by atomic mass is 79.9. The molecule has 0 aliphatic rings. The lowest BCUT2D eigenvalue weighted by Gasteiger charge is -1.97. The Morgan fingerprint density at radius 1 is 1.39 bits per heavy atom. The number of fused-ring (bicyclic) bond motifs is 1. The molecule has 3 rings (SSSR count). The fourth-order valence-electron chi connectivity index (χ4n) is 1.96. The Morgan fingerprint density at radius 3 is 2.74 bits per heavy atom. The van der Waals surface area contributed by atoms with E-state index in [0.717, 1.165) is 6.26 Å². The van der Waals surface area contributed by atoms with Crippen LogP contribution in [-0.2, 0) is 16.9 Å². The van der Waals surface area contributed by atoms with Crippen molar-refractivity contribution in [2.45, 2.75) is 4.90 Å². The van der Waals surface area contributed by atoms with Gasteiger partial charge in [0.15, 0.2) is 20.7 Å². The van der Waals surface area contributed by atoms with Gasteiger partial charge in [-0.1, -0.05) is 11.3 Å². The van der Waals surface area contributed by atoms with Gasteiger partial charge in [-0.3, -0.25) is 14.8 Å². The normalized spacial score (nSPS) is 11.8. The van der Waals surface area contributed by atoms with Gasteiger partial charge in [-0.15, -0.1) is 0 Å². The molecule has 1 amide bonds. The van der Waals surface area contributed by atoms with Crippen LogP contribution in [0.5, 0.6) is 0 Å². The van der Waals surface area contributed by atoms with Gasteiger partial charge in [0.1, 0.15) is 0 Å². The molecule has 2 aromatic heterocycles. The zero-order chi connectivity index (χ0) is 16.8. The summed E-state index contributed by atoms with van der Waals surface area (Å²) in [7, 11) is -1.57. The number of carbonyl (C=O) groups excluding carboxylic acids is 1. The van der Waals surface area contributed by atoms with E-state index in [1.165, 1.54) is 22.1 Å². The number of nitrogens with zero attached hydrogens (tertiary/aromatic N) is 3. The second-order valence-electron chi connectivity index (χ2n) is 4.87. The molecule has 0 saturated heterocycles. The van der Waals surface area contributed by atoms with Gasteiger partial charge in [0, 0.05) is 19.5 Å². The smallest absolute Gasteiger partial charge is 0.279 e. The molecule has 0 saturated carbocycles. The monoisotopic (exact) mass is 414 g/mol. The molecule has 23 heavy (non-hydrogen) atoms. The van der Waals surface area contributed by atoms with E-state index in [1.807, 2.05) is 0 Å². The number of aromatic nitrogens is 3. The molecule has 7 nitrogen and oxygen atoms in total. The predicted octanol–water partition coefficient (Wildman–Crippen LogP) is 2.45. The fourth-order valence-corrected chi connectivity index (χ4v) is 4.14. The lowest BCUT2D eigenvalue weighted by atomic mass is 10.3. The van der Waals surface area contributed by atoms with Crippen LogP contribution in [0, 0.1) is 0 Å². The van der Waals surface area contributed by atoms with Crippen LogP contribution in [0.1, 0.15) is 10.5 Å². The number of nitrogens with one attached hydrogen (secondary N) is 1. The molecular weight excluding hydrogens is 404 g/mol. The van der Waals surface area contributed by atoms with Gasteiger partial charge in [-0.05, 0) is 34.1 Å². The molecule has 2 heterocycles. The lowest BCUT2D eigenvalue weighted by molar-refractivity contribution is 0.102. The summed E-state index contributed by atoms with van der Waals surface area (Å²) in [6.45, 7) is 0. The van der Waals surface area contributed by atoms with Gasteiger partial charge in [0.05, 0.1) is 19.6 Å². The average molecular weight is 415 g/mol. The van der Waals surface area contributed by atoms with Gasteiger partial charge < -0.3 is 0 Å². The van der Waals surface area contributed by atoms with Gasteiger partial charge in [-0.25, -0.2) is 13.4 Å². The van der Waals surface area contributed by atoms with Crippen molar-refractivity contribution >= 4 is 58.4 Å². The van der Waals surface area contributed by atoms with Crippen LogP contribution in [0.2, 0.25) is 0 Å². The molecule has 1 N–H and O–H groups in total. The van der Waals surface area contributed by atoms with E-state index in [2.05, 4.69) is 31.3 Å². The van der Waals surface area contributed by atoms with E-state index in [4.69, 9.17) is 0 Å². The number of anilines is 1. The van der Waals surface area contributed by atoms with E-state index >= 15 is 0 Å². The zero-order valence-corrected chi connectivity index (χ0v) is 15.3.